The van der Waals surface area contributed by atoms with Crippen LogP contribution in [0.5, 0.6) is 0 Å². The first kappa shape index (κ1) is 10.0. The van der Waals surface area contributed by atoms with E-state index in [0.717, 1.165) is 17.9 Å². The summed E-state index contributed by atoms with van der Waals surface area (Å²) in [5, 5.41) is 2.11. The van der Waals surface area contributed by atoms with Crippen LogP contribution < -0.4 is 0 Å². The molecule has 0 unspecified atom stereocenters. The largest absolute Gasteiger partial charge is 0.140 e. The van der Waals surface area contributed by atoms with Crippen LogP contribution in [-0.2, 0) is 12.8 Å². The zero-order valence-electron chi connectivity index (χ0n) is 8.43. The van der Waals surface area contributed by atoms with Crippen LogP contribution in [0.3, 0.4) is 0 Å². The highest BCUT2D eigenvalue weighted by molar-refractivity contribution is 7.19. The summed E-state index contributed by atoms with van der Waals surface area (Å²) in [6.07, 6.45) is 2.18. The normalized spacial score (nSPS) is 11.1. The molecule has 0 aliphatic rings. The fourth-order valence-corrected chi connectivity index (χ4v) is 3.12. The molecule has 0 aliphatic heterocycles. The number of benzene rings is 1. The summed E-state index contributed by atoms with van der Waals surface area (Å²) >= 11 is 8.04. The molecule has 2 rings (SSSR count). The Kier molecular flexibility index (Phi) is 2.80. The van der Waals surface area contributed by atoms with Gasteiger partial charge in [0.15, 0.2) is 0 Å². The summed E-state index contributed by atoms with van der Waals surface area (Å²) in [4.78, 5) is 1.42. The highest BCUT2D eigenvalue weighted by atomic mass is 35.5. The van der Waals surface area contributed by atoms with E-state index in [1.807, 2.05) is 17.4 Å². The number of thiophene rings is 1. The SMILES string of the molecule is CCc1cc2c(Cl)ccc(CC)c2s1. The smallest absolute Gasteiger partial charge is 0.0493 e. The summed E-state index contributed by atoms with van der Waals surface area (Å²) in [7, 11) is 0. The summed E-state index contributed by atoms with van der Waals surface area (Å²) in [5.41, 5.74) is 1.41. The lowest BCUT2D eigenvalue weighted by atomic mass is 10.1. The average molecular weight is 225 g/mol. The van der Waals surface area contributed by atoms with Crippen molar-refractivity contribution in [2.45, 2.75) is 26.7 Å². The first-order chi connectivity index (χ1) is 6.76. The van der Waals surface area contributed by atoms with Crippen molar-refractivity contribution in [3.8, 4) is 0 Å². The number of aryl methyl sites for hydroxylation is 2. The highest BCUT2D eigenvalue weighted by Gasteiger charge is 2.07. The van der Waals surface area contributed by atoms with Crippen molar-refractivity contribution < 1.29 is 0 Å². The van der Waals surface area contributed by atoms with E-state index in [4.69, 9.17) is 11.6 Å². The minimum atomic E-state index is 0.883. The van der Waals surface area contributed by atoms with E-state index in [0.29, 0.717) is 0 Å². The molecule has 0 spiro atoms. The summed E-state index contributed by atoms with van der Waals surface area (Å²) in [6, 6.07) is 6.37. The van der Waals surface area contributed by atoms with Gasteiger partial charge in [0.25, 0.3) is 0 Å². The predicted octanol–water partition coefficient (Wildman–Crippen LogP) is 4.68. The molecule has 1 heterocycles. The zero-order valence-corrected chi connectivity index (χ0v) is 10.0. The Morgan fingerprint density at radius 1 is 1.21 bits per heavy atom. The number of hydrogen-bond donors (Lipinski definition) is 0. The number of halogens is 1. The van der Waals surface area contributed by atoms with Crippen molar-refractivity contribution in [1.29, 1.82) is 0 Å². The van der Waals surface area contributed by atoms with Gasteiger partial charge in [0, 0.05) is 20.0 Å². The minimum absolute atomic E-state index is 0.883. The van der Waals surface area contributed by atoms with Crippen molar-refractivity contribution in [3.05, 3.63) is 33.7 Å². The second kappa shape index (κ2) is 3.92. The second-order valence-corrected chi connectivity index (χ2v) is 4.91. The Bertz CT molecular complexity index is 457. The van der Waals surface area contributed by atoms with Gasteiger partial charge in [0.2, 0.25) is 0 Å². The third kappa shape index (κ3) is 1.55. The molecule has 0 radical (unpaired) electrons. The number of fused-ring (bicyclic) bond motifs is 1. The molecule has 0 amide bonds. The predicted molar refractivity (Wildman–Crippen MR) is 65.6 cm³/mol. The fraction of sp³-hybridized carbons (Fsp3) is 0.333. The van der Waals surface area contributed by atoms with Crippen molar-refractivity contribution in [1.82, 2.24) is 0 Å². The third-order valence-electron chi connectivity index (χ3n) is 2.49. The second-order valence-electron chi connectivity index (χ2n) is 3.37. The maximum Gasteiger partial charge on any atom is 0.0493 e. The molecule has 14 heavy (non-hydrogen) atoms. The van der Waals surface area contributed by atoms with Crippen LogP contribution in [-0.4, -0.2) is 0 Å². The lowest BCUT2D eigenvalue weighted by Gasteiger charge is -1.99. The van der Waals surface area contributed by atoms with E-state index >= 15 is 0 Å². The van der Waals surface area contributed by atoms with Gasteiger partial charge in [-0.15, -0.1) is 11.3 Å². The van der Waals surface area contributed by atoms with E-state index in [2.05, 4.69) is 26.0 Å². The maximum atomic E-state index is 6.16. The van der Waals surface area contributed by atoms with Gasteiger partial charge in [-0.25, -0.2) is 0 Å². The van der Waals surface area contributed by atoms with Crippen molar-refractivity contribution in [2.24, 2.45) is 0 Å². The first-order valence-corrected chi connectivity index (χ1v) is 6.15. The summed E-state index contributed by atoms with van der Waals surface area (Å²) in [5.74, 6) is 0. The molecule has 0 nitrogen and oxygen atoms in total. The van der Waals surface area contributed by atoms with Gasteiger partial charge in [-0.3, -0.25) is 0 Å². The minimum Gasteiger partial charge on any atom is -0.140 e. The monoisotopic (exact) mass is 224 g/mol. The molecule has 0 N–H and O–H groups in total. The van der Waals surface area contributed by atoms with Crippen LogP contribution in [0.2, 0.25) is 5.02 Å². The molecular formula is C12H13ClS. The van der Waals surface area contributed by atoms with E-state index in [9.17, 15) is 0 Å². The van der Waals surface area contributed by atoms with Gasteiger partial charge < -0.3 is 0 Å². The van der Waals surface area contributed by atoms with E-state index in [1.165, 1.54) is 20.5 Å². The molecule has 0 saturated heterocycles. The highest BCUT2D eigenvalue weighted by Crippen LogP contribution is 2.34. The molecule has 1 aromatic heterocycles. The van der Waals surface area contributed by atoms with E-state index in [1.54, 1.807) is 0 Å². The van der Waals surface area contributed by atoms with Crippen LogP contribution in [0, 0.1) is 0 Å². The van der Waals surface area contributed by atoms with Crippen LogP contribution in [0.15, 0.2) is 18.2 Å². The molecule has 2 heteroatoms. The van der Waals surface area contributed by atoms with Gasteiger partial charge in [-0.2, -0.15) is 0 Å². The Balaban J connectivity index is 2.74. The van der Waals surface area contributed by atoms with Crippen LogP contribution in [0.1, 0.15) is 24.3 Å². The fourth-order valence-electron chi connectivity index (χ4n) is 1.65. The van der Waals surface area contributed by atoms with Gasteiger partial charge in [-0.05, 0) is 30.5 Å². The Morgan fingerprint density at radius 2 is 2.00 bits per heavy atom. The lowest BCUT2D eigenvalue weighted by Crippen LogP contribution is -1.79. The molecule has 0 bridgehead atoms. The van der Waals surface area contributed by atoms with Gasteiger partial charge in [0.1, 0.15) is 0 Å². The molecule has 0 aliphatic carbocycles. The third-order valence-corrected chi connectivity index (χ3v) is 4.18. The van der Waals surface area contributed by atoms with Gasteiger partial charge in [0.05, 0.1) is 0 Å². The van der Waals surface area contributed by atoms with Crippen LogP contribution in [0.25, 0.3) is 10.1 Å². The average Bonchev–Trinajstić information content (AvgIpc) is 2.63. The first-order valence-electron chi connectivity index (χ1n) is 4.96. The summed E-state index contributed by atoms with van der Waals surface area (Å²) in [6.45, 7) is 4.37. The zero-order chi connectivity index (χ0) is 10.1. The van der Waals surface area contributed by atoms with Crippen molar-refractivity contribution in [3.63, 3.8) is 0 Å². The molecular weight excluding hydrogens is 212 g/mol. The number of hydrogen-bond acceptors (Lipinski definition) is 1. The Morgan fingerprint density at radius 3 is 2.64 bits per heavy atom. The number of rotatable bonds is 2. The van der Waals surface area contributed by atoms with Crippen LogP contribution in [0.4, 0.5) is 0 Å². The molecule has 0 fully saturated rings. The van der Waals surface area contributed by atoms with Gasteiger partial charge in [-0.1, -0.05) is 31.5 Å². The maximum absolute atomic E-state index is 6.16. The standard InChI is InChI=1S/C12H13ClS/c1-3-8-5-6-11(13)10-7-9(4-2)14-12(8)10/h5-7H,3-4H2,1-2H3. The quantitative estimate of drug-likeness (QED) is 0.695. The van der Waals surface area contributed by atoms with Gasteiger partial charge >= 0.3 is 0 Å². The van der Waals surface area contributed by atoms with Crippen molar-refractivity contribution in [2.75, 3.05) is 0 Å². The molecule has 2 aromatic rings. The topological polar surface area (TPSA) is 0 Å². The molecule has 74 valence electrons. The van der Waals surface area contributed by atoms with Crippen LogP contribution >= 0.6 is 22.9 Å². The molecule has 1 aromatic carbocycles. The Hall–Kier alpha value is -0.530. The molecule has 0 atom stereocenters. The van der Waals surface area contributed by atoms with E-state index in [-0.39, 0.29) is 0 Å². The lowest BCUT2D eigenvalue weighted by molar-refractivity contribution is 1.16. The Labute approximate surface area is 93.5 Å². The van der Waals surface area contributed by atoms with E-state index < -0.39 is 0 Å². The van der Waals surface area contributed by atoms with Crippen molar-refractivity contribution >= 4 is 33.0 Å². The summed E-state index contributed by atoms with van der Waals surface area (Å²) < 4.78 is 1.37. The molecule has 0 saturated carbocycles.